The van der Waals surface area contributed by atoms with Gasteiger partial charge in [-0.2, -0.15) is 0 Å². The second-order valence-corrected chi connectivity index (χ2v) is 15.7. The van der Waals surface area contributed by atoms with Gasteiger partial charge in [0.05, 0.1) is 5.41 Å². The minimum absolute atomic E-state index is 0.381. The molecule has 260 valence electrons. The molecule has 2 aliphatic carbocycles. The van der Waals surface area contributed by atoms with E-state index in [1.165, 1.54) is 59.5 Å². The highest BCUT2D eigenvalue weighted by atomic mass is 32.1. The highest BCUT2D eigenvalue weighted by Gasteiger charge is 2.53. The summed E-state index contributed by atoms with van der Waals surface area (Å²) in [7, 11) is 0. The molecule has 0 unspecified atom stereocenters. The molecule has 3 nitrogen and oxygen atoms in total. The van der Waals surface area contributed by atoms with Gasteiger partial charge in [-0.1, -0.05) is 182 Å². The average molecular weight is 730 g/mol. The molecule has 0 bridgehead atoms. The fraction of sp³-hybridized carbons (Fsp3) is 0.0192. The Kier molecular flexibility index (Phi) is 6.72. The zero-order chi connectivity index (χ0) is 36.8. The van der Waals surface area contributed by atoms with E-state index in [1.54, 1.807) is 0 Å². The van der Waals surface area contributed by atoms with Gasteiger partial charge in [0.15, 0.2) is 17.5 Å². The van der Waals surface area contributed by atoms with E-state index in [9.17, 15) is 0 Å². The molecule has 1 spiro atoms. The van der Waals surface area contributed by atoms with Crippen LogP contribution in [0.4, 0.5) is 0 Å². The summed E-state index contributed by atoms with van der Waals surface area (Å²) in [5.74, 6) is 1.97. The van der Waals surface area contributed by atoms with Gasteiger partial charge in [-0.05, 0) is 61.3 Å². The minimum Gasteiger partial charge on any atom is -0.208 e. The van der Waals surface area contributed by atoms with Crippen LogP contribution in [0.1, 0.15) is 21.6 Å². The lowest BCUT2D eigenvalue weighted by molar-refractivity contribution is 0.812. The van der Waals surface area contributed by atoms with E-state index >= 15 is 0 Å². The number of benzene rings is 8. The van der Waals surface area contributed by atoms with E-state index in [-0.39, 0.29) is 5.41 Å². The molecule has 0 saturated carbocycles. The van der Waals surface area contributed by atoms with Crippen molar-refractivity contribution in [2.24, 2.45) is 0 Å². The standard InChI is InChI=1S/C52H31N3S/c1-2-15-34(16-3-1)49-53-50(55-51(54-49)40-23-12-17-32-14-4-5-18-36(32)40)35-30-28-33(29-31-35)37-22-13-26-44-46(37)47-41-21-8-11-27-45(41)56-48(47)52(44)42-24-9-6-19-38(42)39-20-7-10-25-43(39)52/h1-31H. The number of hydrogen-bond donors (Lipinski definition) is 0. The van der Waals surface area contributed by atoms with Gasteiger partial charge in [0.2, 0.25) is 0 Å². The predicted molar refractivity (Wildman–Crippen MR) is 231 cm³/mol. The smallest absolute Gasteiger partial charge is 0.164 e. The van der Waals surface area contributed by atoms with Crippen molar-refractivity contribution < 1.29 is 0 Å². The summed E-state index contributed by atoms with van der Waals surface area (Å²) in [6, 6.07) is 67.6. The molecular formula is C52H31N3S. The molecule has 10 aromatic rings. The molecule has 0 fully saturated rings. The van der Waals surface area contributed by atoms with Gasteiger partial charge in [-0.3, -0.25) is 0 Å². The van der Waals surface area contributed by atoms with Crippen molar-refractivity contribution in [1.29, 1.82) is 0 Å². The first-order valence-electron chi connectivity index (χ1n) is 19.0. The second-order valence-electron chi connectivity index (χ2n) is 14.6. The molecule has 0 N–H and O–H groups in total. The average Bonchev–Trinajstić information content (AvgIpc) is 3.90. The van der Waals surface area contributed by atoms with Gasteiger partial charge < -0.3 is 0 Å². The Bertz CT molecular complexity index is 3150. The monoisotopic (exact) mass is 729 g/mol. The third-order valence-electron chi connectivity index (χ3n) is 11.8. The van der Waals surface area contributed by atoms with Crippen molar-refractivity contribution >= 4 is 32.2 Å². The van der Waals surface area contributed by atoms with E-state index in [1.807, 2.05) is 29.5 Å². The van der Waals surface area contributed by atoms with Gasteiger partial charge in [0.1, 0.15) is 0 Å². The largest absolute Gasteiger partial charge is 0.208 e. The Morgan fingerprint density at radius 2 is 0.857 bits per heavy atom. The predicted octanol–water partition coefficient (Wildman–Crippen LogP) is 13.3. The first-order valence-corrected chi connectivity index (χ1v) is 19.8. The molecule has 0 amide bonds. The number of aromatic nitrogens is 3. The van der Waals surface area contributed by atoms with Gasteiger partial charge in [-0.25, -0.2) is 15.0 Å². The first-order chi connectivity index (χ1) is 27.8. The molecule has 2 aromatic heterocycles. The van der Waals surface area contributed by atoms with Gasteiger partial charge in [0.25, 0.3) is 0 Å². The van der Waals surface area contributed by atoms with Crippen LogP contribution >= 0.6 is 11.3 Å². The van der Waals surface area contributed by atoms with Crippen LogP contribution in [0.3, 0.4) is 0 Å². The first kappa shape index (κ1) is 31.4. The fourth-order valence-corrected chi connectivity index (χ4v) is 10.8. The lowest BCUT2D eigenvalue weighted by Gasteiger charge is -2.29. The summed E-state index contributed by atoms with van der Waals surface area (Å²) in [6.07, 6.45) is 0. The van der Waals surface area contributed by atoms with Crippen LogP contribution < -0.4 is 0 Å². The van der Waals surface area contributed by atoms with Crippen molar-refractivity contribution in [2.45, 2.75) is 5.41 Å². The SMILES string of the molecule is c1ccc(-c2nc(-c3ccc(-c4cccc5c4-c4c(sc6ccccc46)C54c5ccccc5-c5ccccc54)cc3)nc(-c3cccc4ccccc34)n2)cc1. The van der Waals surface area contributed by atoms with Crippen molar-refractivity contribution in [3.63, 3.8) is 0 Å². The topological polar surface area (TPSA) is 38.7 Å². The third-order valence-corrected chi connectivity index (χ3v) is 13.0. The Morgan fingerprint density at radius 3 is 1.62 bits per heavy atom. The van der Waals surface area contributed by atoms with Gasteiger partial charge in [-0.15, -0.1) is 11.3 Å². The fourth-order valence-electron chi connectivity index (χ4n) is 9.39. The normalized spacial score (nSPS) is 13.1. The molecule has 0 aliphatic heterocycles. The molecule has 4 heteroatoms. The summed E-state index contributed by atoms with van der Waals surface area (Å²) in [5.41, 5.74) is 14.3. The molecule has 12 rings (SSSR count). The molecule has 2 heterocycles. The molecule has 0 atom stereocenters. The summed E-state index contributed by atoms with van der Waals surface area (Å²) >= 11 is 1.95. The van der Waals surface area contributed by atoms with Crippen LogP contribution in [0, 0.1) is 0 Å². The number of thiophene rings is 1. The summed E-state index contributed by atoms with van der Waals surface area (Å²) in [4.78, 5) is 16.7. The molecule has 8 aromatic carbocycles. The zero-order valence-corrected chi connectivity index (χ0v) is 31.0. The molecular weight excluding hydrogens is 699 g/mol. The second kappa shape index (κ2) is 12.0. The Hall–Kier alpha value is -7.01. The van der Waals surface area contributed by atoms with Crippen molar-refractivity contribution in [3.8, 4) is 67.5 Å². The summed E-state index contributed by atoms with van der Waals surface area (Å²) in [5, 5.41) is 3.59. The van der Waals surface area contributed by atoms with Crippen LogP contribution in [0.5, 0.6) is 0 Å². The molecule has 0 radical (unpaired) electrons. The summed E-state index contributed by atoms with van der Waals surface area (Å²) in [6.45, 7) is 0. The lowest BCUT2D eigenvalue weighted by Crippen LogP contribution is -2.24. The van der Waals surface area contributed by atoms with Crippen LogP contribution in [-0.2, 0) is 5.41 Å². The number of fused-ring (bicyclic) bond motifs is 13. The van der Waals surface area contributed by atoms with Crippen LogP contribution in [-0.4, -0.2) is 15.0 Å². The minimum atomic E-state index is -0.381. The maximum atomic E-state index is 5.14. The van der Waals surface area contributed by atoms with E-state index in [4.69, 9.17) is 15.0 Å². The lowest BCUT2D eigenvalue weighted by atomic mass is 9.73. The quantitative estimate of drug-likeness (QED) is 0.181. The van der Waals surface area contributed by atoms with Crippen molar-refractivity contribution in [2.75, 3.05) is 0 Å². The summed E-state index contributed by atoms with van der Waals surface area (Å²) < 4.78 is 1.32. The highest BCUT2D eigenvalue weighted by molar-refractivity contribution is 7.20. The number of hydrogen-bond acceptors (Lipinski definition) is 4. The van der Waals surface area contributed by atoms with Crippen LogP contribution in [0.25, 0.3) is 88.4 Å². The van der Waals surface area contributed by atoms with E-state index in [2.05, 4.69) is 170 Å². The Balaban J connectivity index is 1.05. The molecule has 2 aliphatic rings. The Morgan fingerprint density at radius 1 is 0.339 bits per heavy atom. The van der Waals surface area contributed by atoms with E-state index in [0.717, 1.165) is 33.0 Å². The van der Waals surface area contributed by atoms with Crippen LogP contribution in [0.2, 0.25) is 0 Å². The Labute approximate surface area is 328 Å². The van der Waals surface area contributed by atoms with E-state index < -0.39 is 0 Å². The third kappa shape index (κ3) is 4.36. The van der Waals surface area contributed by atoms with E-state index in [0.29, 0.717) is 17.5 Å². The maximum Gasteiger partial charge on any atom is 0.164 e. The molecule has 0 saturated heterocycles. The highest BCUT2D eigenvalue weighted by Crippen LogP contribution is 2.67. The van der Waals surface area contributed by atoms with Crippen LogP contribution in [0.15, 0.2) is 188 Å². The zero-order valence-electron chi connectivity index (χ0n) is 30.1. The van der Waals surface area contributed by atoms with Crippen molar-refractivity contribution in [1.82, 2.24) is 15.0 Å². The van der Waals surface area contributed by atoms with Gasteiger partial charge in [0, 0.05) is 37.2 Å². The van der Waals surface area contributed by atoms with Gasteiger partial charge >= 0.3 is 0 Å². The van der Waals surface area contributed by atoms with Crippen molar-refractivity contribution in [3.05, 3.63) is 210 Å². The maximum absolute atomic E-state index is 5.14. The number of rotatable bonds is 4. The number of nitrogens with zero attached hydrogens (tertiary/aromatic N) is 3. The molecule has 56 heavy (non-hydrogen) atoms.